The van der Waals surface area contributed by atoms with Crippen LogP contribution in [0.15, 0.2) is 47.3 Å². The minimum Gasteiger partial charge on any atom is -0.336 e. The lowest BCUT2D eigenvalue weighted by Crippen LogP contribution is -2.36. The van der Waals surface area contributed by atoms with Crippen molar-refractivity contribution >= 4 is 16.8 Å². The highest BCUT2D eigenvalue weighted by Gasteiger charge is 2.25. The van der Waals surface area contributed by atoms with Crippen molar-refractivity contribution in [2.24, 2.45) is 5.92 Å². The Kier molecular flexibility index (Phi) is 5.36. The largest absolute Gasteiger partial charge is 0.336 e. The monoisotopic (exact) mass is 377 g/mol. The van der Waals surface area contributed by atoms with Crippen LogP contribution in [0, 0.1) is 19.8 Å². The summed E-state index contributed by atoms with van der Waals surface area (Å²) in [6.07, 6.45) is 0. The molecule has 0 aliphatic carbocycles. The van der Waals surface area contributed by atoms with Gasteiger partial charge in [0.15, 0.2) is 0 Å². The Balaban J connectivity index is 2.30. The van der Waals surface area contributed by atoms with Gasteiger partial charge in [-0.2, -0.15) is 0 Å². The molecule has 28 heavy (non-hydrogen) atoms. The number of hydrogen-bond acceptors (Lipinski definition) is 3. The molecule has 1 aromatic heterocycles. The number of aromatic nitrogens is 2. The fourth-order valence-corrected chi connectivity index (χ4v) is 3.32. The number of nitrogens with zero attached hydrogens (tertiary/aromatic N) is 3. The maximum atomic E-state index is 13.4. The molecule has 3 rings (SSSR count). The molecule has 146 valence electrons. The molecule has 1 atom stereocenters. The molecule has 2 aromatic carbocycles. The summed E-state index contributed by atoms with van der Waals surface area (Å²) in [6, 6.07) is 12.9. The maximum absolute atomic E-state index is 13.4. The van der Waals surface area contributed by atoms with Gasteiger partial charge in [0.2, 0.25) is 5.91 Å². The molecule has 0 radical (unpaired) electrons. The number of benzene rings is 2. The molecule has 0 saturated carbocycles. The second kappa shape index (κ2) is 7.58. The number of hydrogen-bond donors (Lipinski definition) is 0. The highest BCUT2D eigenvalue weighted by atomic mass is 16.2. The van der Waals surface area contributed by atoms with Crippen molar-refractivity contribution in [2.75, 3.05) is 7.05 Å². The Morgan fingerprint density at radius 1 is 1.04 bits per heavy atom. The summed E-state index contributed by atoms with van der Waals surface area (Å²) in [4.78, 5) is 32.4. The first-order valence-electron chi connectivity index (χ1n) is 9.58. The first kappa shape index (κ1) is 19.8. The van der Waals surface area contributed by atoms with Crippen molar-refractivity contribution in [1.82, 2.24) is 14.5 Å². The van der Waals surface area contributed by atoms with Gasteiger partial charge in [0.05, 0.1) is 22.6 Å². The van der Waals surface area contributed by atoms with Crippen molar-refractivity contribution < 1.29 is 4.79 Å². The van der Waals surface area contributed by atoms with Gasteiger partial charge in [0.1, 0.15) is 5.82 Å². The number of amides is 1. The standard InChI is InChI=1S/C23H27N3O2/c1-14(2)22(27)25(6)17(5)21-24-20-10-8-7-9-19(20)23(28)26(21)18-12-11-15(3)16(4)13-18/h7-14,17H,1-6H3. The third-order valence-corrected chi connectivity index (χ3v) is 5.35. The van der Waals surface area contributed by atoms with Gasteiger partial charge in [-0.05, 0) is 56.2 Å². The van der Waals surface area contributed by atoms with Crippen LogP contribution in [-0.4, -0.2) is 27.4 Å². The summed E-state index contributed by atoms with van der Waals surface area (Å²) in [5, 5.41) is 0.564. The zero-order valence-electron chi connectivity index (χ0n) is 17.4. The zero-order valence-corrected chi connectivity index (χ0v) is 17.4. The second-order valence-electron chi connectivity index (χ2n) is 7.68. The molecule has 0 fully saturated rings. The summed E-state index contributed by atoms with van der Waals surface area (Å²) >= 11 is 0. The Morgan fingerprint density at radius 2 is 1.71 bits per heavy atom. The van der Waals surface area contributed by atoms with E-state index in [9.17, 15) is 9.59 Å². The molecule has 3 aromatic rings. The van der Waals surface area contributed by atoms with E-state index in [0.29, 0.717) is 16.7 Å². The highest BCUT2D eigenvalue weighted by molar-refractivity contribution is 5.79. The third-order valence-electron chi connectivity index (χ3n) is 5.35. The summed E-state index contributed by atoms with van der Waals surface area (Å²) in [5.41, 5.74) is 3.54. The molecule has 0 spiro atoms. The van der Waals surface area contributed by atoms with E-state index in [1.54, 1.807) is 22.6 Å². The van der Waals surface area contributed by atoms with Crippen molar-refractivity contribution in [3.05, 3.63) is 69.8 Å². The smallest absolute Gasteiger partial charge is 0.266 e. The number of aryl methyl sites for hydroxylation is 2. The Bertz CT molecular complexity index is 1100. The van der Waals surface area contributed by atoms with Gasteiger partial charge in [-0.25, -0.2) is 4.98 Å². The molecule has 0 aliphatic rings. The van der Waals surface area contributed by atoms with Crippen molar-refractivity contribution in [2.45, 2.75) is 40.7 Å². The Hall–Kier alpha value is -2.95. The van der Waals surface area contributed by atoms with E-state index >= 15 is 0 Å². The number of fused-ring (bicyclic) bond motifs is 1. The lowest BCUT2D eigenvalue weighted by atomic mass is 10.1. The SMILES string of the molecule is Cc1ccc(-n2c(C(C)N(C)C(=O)C(C)C)nc3ccccc3c2=O)cc1C. The fraction of sp³-hybridized carbons (Fsp3) is 0.348. The Morgan fingerprint density at radius 3 is 2.36 bits per heavy atom. The zero-order chi connectivity index (χ0) is 20.6. The lowest BCUT2D eigenvalue weighted by molar-refractivity contribution is -0.135. The molecule has 1 amide bonds. The van der Waals surface area contributed by atoms with Gasteiger partial charge in [0, 0.05) is 13.0 Å². The minimum absolute atomic E-state index is 0.0153. The average Bonchev–Trinajstić information content (AvgIpc) is 2.68. The first-order valence-corrected chi connectivity index (χ1v) is 9.58. The van der Waals surface area contributed by atoms with Crippen LogP contribution in [0.5, 0.6) is 0 Å². The molecule has 0 aliphatic heterocycles. The quantitative estimate of drug-likeness (QED) is 0.685. The van der Waals surface area contributed by atoms with Gasteiger partial charge >= 0.3 is 0 Å². The van der Waals surface area contributed by atoms with E-state index in [-0.39, 0.29) is 23.4 Å². The summed E-state index contributed by atoms with van der Waals surface area (Å²) in [6.45, 7) is 9.72. The van der Waals surface area contributed by atoms with Gasteiger partial charge in [0.25, 0.3) is 5.56 Å². The minimum atomic E-state index is -0.353. The number of carbonyl (C=O) groups excluding carboxylic acids is 1. The number of rotatable bonds is 4. The molecule has 0 N–H and O–H groups in total. The summed E-state index contributed by atoms with van der Waals surface area (Å²) in [5.74, 6) is 0.444. The van der Waals surface area contributed by atoms with Crippen LogP contribution >= 0.6 is 0 Å². The van der Waals surface area contributed by atoms with Crippen LogP contribution in [0.3, 0.4) is 0 Å². The van der Waals surface area contributed by atoms with Gasteiger partial charge < -0.3 is 4.90 Å². The van der Waals surface area contributed by atoms with Gasteiger partial charge in [-0.3, -0.25) is 14.2 Å². The number of carbonyl (C=O) groups is 1. The highest BCUT2D eigenvalue weighted by Crippen LogP contribution is 2.24. The van der Waals surface area contributed by atoms with Crippen molar-refractivity contribution in [3.8, 4) is 5.69 Å². The van der Waals surface area contributed by atoms with E-state index < -0.39 is 0 Å². The van der Waals surface area contributed by atoms with E-state index in [1.807, 2.05) is 71.0 Å². The van der Waals surface area contributed by atoms with E-state index in [2.05, 4.69) is 0 Å². The summed E-state index contributed by atoms with van der Waals surface area (Å²) < 4.78 is 1.64. The van der Waals surface area contributed by atoms with Crippen LogP contribution in [0.1, 0.15) is 43.8 Å². The van der Waals surface area contributed by atoms with E-state index in [1.165, 1.54) is 0 Å². The van der Waals surface area contributed by atoms with Crippen LogP contribution in [0.25, 0.3) is 16.6 Å². The lowest BCUT2D eigenvalue weighted by Gasteiger charge is -2.28. The first-order chi connectivity index (χ1) is 13.2. The van der Waals surface area contributed by atoms with E-state index in [4.69, 9.17) is 4.98 Å². The predicted octanol–water partition coefficient (Wildman–Crippen LogP) is 4.18. The molecule has 1 unspecified atom stereocenters. The molecular weight excluding hydrogens is 350 g/mol. The van der Waals surface area contributed by atoms with Crippen LogP contribution in [0.4, 0.5) is 0 Å². The second-order valence-corrected chi connectivity index (χ2v) is 7.68. The van der Waals surface area contributed by atoms with Crippen molar-refractivity contribution in [3.63, 3.8) is 0 Å². The molecule has 1 heterocycles. The van der Waals surface area contributed by atoms with Gasteiger partial charge in [-0.15, -0.1) is 0 Å². The maximum Gasteiger partial charge on any atom is 0.266 e. The topological polar surface area (TPSA) is 55.2 Å². The molecular formula is C23H27N3O2. The number of para-hydroxylation sites is 1. The Labute approximate surface area is 165 Å². The molecule has 5 heteroatoms. The predicted molar refractivity (Wildman–Crippen MR) is 113 cm³/mol. The summed E-state index contributed by atoms with van der Waals surface area (Å²) in [7, 11) is 1.76. The van der Waals surface area contributed by atoms with Crippen LogP contribution in [-0.2, 0) is 4.79 Å². The van der Waals surface area contributed by atoms with E-state index in [0.717, 1.165) is 16.8 Å². The normalized spacial score (nSPS) is 12.4. The average molecular weight is 377 g/mol. The van der Waals surface area contributed by atoms with Crippen LogP contribution < -0.4 is 5.56 Å². The fourth-order valence-electron chi connectivity index (χ4n) is 3.32. The molecule has 0 saturated heterocycles. The van der Waals surface area contributed by atoms with Gasteiger partial charge in [-0.1, -0.05) is 32.0 Å². The van der Waals surface area contributed by atoms with Crippen molar-refractivity contribution in [1.29, 1.82) is 0 Å². The molecule has 5 nitrogen and oxygen atoms in total. The molecule has 0 bridgehead atoms. The van der Waals surface area contributed by atoms with Crippen LogP contribution in [0.2, 0.25) is 0 Å². The third kappa shape index (κ3) is 3.44.